The molecule has 2 N–H and O–H groups in total. The number of nitrogens with one attached hydrogen (secondary N) is 1. The van der Waals surface area contributed by atoms with Crippen molar-refractivity contribution in [1.82, 2.24) is 4.98 Å². The van der Waals surface area contributed by atoms with E-state index in [4.69, 9.17) is 9.84 Å². The Morgan fingerprint density at radius 1 is 0.955 bits per heavy atom. The van der Waals surface area contributed by atoms with E-state index in [0.717, 1.165) is 36.9 Å². The Labute approximate surface area is 134 Å². The van der Waals surface area contributed by atoms with Gasteiger partial charge in [-0.15, -0.1) is 0 Å². The van der Waals surface area contributed by atoms with Gasteiger partial charge in [-0.05, 0) is 33.1 Å². The van der Waals surface area contributed by atoms with Gasteiger partial charge in [0.1, 0.15) is 0 Å². The summed E-state index contributed by atoms with van der Waals surface area (Å²) in [6.07, 6.45) is 8.86. The van der Waals surface area contributed by atoms with Gasteiger partial charge in [0.2, 0.25) is 0 Å². The van der Waals surface area contributed by atoms with Gasteiger partial charge in [-0.2, -0.15) is 0 Å². The second kappa shape index (κ2) is 11.3. The third kappa shape index (κ3) is 6.22. The highest BCUT2D eigenvalue weighted by molar-refractivity contribution is 5.33. The van der Waals surface area contributed by atoms with Gasteiger partial charge in [-0.25, -0.2) is 0 Å². The van der Waals surface area contributed by atoms with E-state index in [-0.39, 0.29) is 12.9 Å². The number of H-pyrrole nitrogens is 1. The van der Waals surface area contributed by atoms with Gasteiger partial charge in [0.05, 0.1) is 12.7 Å². The molecule has 0 aliphatic rings. The molecule has 1 aromatic heterocycles. The van der Waals surface area contributed by atoms with Gasteiger partial charge >= 0.3 is 0 Å². The minimum atomic E-state index is 0. The van der Waals surface area contributed by atoms with Crippen molar-refractivity contribution in [2.75, 3.05) is 13.7 Å². The molecular weight excluding hydrogens is 278 g/mol. The van der Waals surface area contributed by atoms with Gasteiger partial charge in [0.25, 0.3) is 0 Å². The van der Waals surface area contributed by atoms with Crippen molar-refractivity contribution in [3.05, 3.63) is 27.0 Å². The molecule has 0 amide bonds. The number of aromatic amines is 1. The lowest BCUT2D eigenvalue weighted by atomic mass is 10.0. The largest absolute Gasteiger partial charge is 0.482 e. The quantitative estimate of drug-likeness (QED) is 0.644. The fourth-order valence-corrected chi connectivity index (χ4v) is 2.60. The zero-order valence-electron chi connectivity index (χ0n) is 13.6. The molecule has 0 saturated carbocycles. The van der Waals surface area contributed by atoms with E-state index >= 15 is 0 Å². The lowest BCUT2D eigenvalue weighted by molar-refractivity contribution is 0.282. The first-order chi connectivity index (χ1) is 10.1. The molecule has 0 radical (unpaired) electrons. The van der Waals surface area contributed by atoms with Crippen LogP contribution in [0.4, 0.5) is 0 Å². The number of aliphatic hydroxyl groups excluding tert-OH is 1. The van der Waals surface area contributed by atoms with E-state index < -0.39 is 0 Å². The van der Waals surface area contributed by atoms with Crippen molar-refractivity contribution in [3.63, 3.8) is 0 Å². The number of aliphatic hydroxyl groups is 1. The summed E-state index contributed by atoms with van der Waals surface area (Å²) in [5, 5.41) is 8.70. The van der Waals surface area contributed by atoms with Gasteiger partial charge in [0, 0.05) is 17.9 Å². The van der Waals surface area contributed by atoms with Crippen LogP contribution in [-0.4, -0.2) is 23.8 Å². The predicted molar refractivity (Wildman–Crippen MR) is 92.9 cm³/mol. The topological polar surface area (TPSA) is 62.3 Å². The highest BCUT2D eigenvalue weighted by Gasteiger charge is 2.10. The Bertz CT molecular complexity index is 480. The van der Waals surface area contributed by atoms with E-state index in [0.29, 0.717) is 18.1 Å². The average molecular weight is 311 g/mol. The lowest BCUT2D eigenvalue weighted by Gasteiger charge is -2.11. The normalized spacial score (nSPS) is 10.4. The number of pyridine rings is 1. The van der Waals surface area contributed by atoms with Crippen molar-refractivity contribution in [1.29, 1.82) is 0 Å². The number of methoxy groups -OCH3 is 1. The van der Waals surface area contributed by atoms with E-state index in [2.05, 4.69) is 4.98 Å². The second-order valence-electron chi connectivity index (χ2n) is 5.66. The Kier molecular flexibility index (Phi) is 10.6. The van der Waals surface area contributed by atoms with E-state index in [1.165, 1.54) is 25.7 Å². The Hall–Kier alpha value is -1.29. The third-order valence-corrected chi connectivity index (χ3v) is 4.03. The van der Waals surface area contributed by atoms with Crippen LogP contribution < -0.4 is 10.2 Å². The first kappa shape index (κ1) is 20.7. The van der Waals surface area contributed by atoms with Crippen LogP contribution in [0, 0.1) is 13.8 Å². The lowest BCUT2D eigenvalue weighted by Crippen LogP contribution is -2.15. The standard InChI is InChI=1S/C17H29NO3.CH4/c1-13-15(18-17(21-3)14(2)16(13)20)11-9-7-5-4-6-8-10-12-19;/h19H,4-12H2,1-3H3,(H,18,20);1H4. The number of hydrogen-bond donors (Lipinski definition) is 2. The zero-order chi connectivity index (χ0) is 15.7. The van der Waals surface area contributed by atoms with E-state index in [9.17, 15) is 4.79 Å². The van der Waals surface area contributed by atoms with Crippen molar-refractivity contribution in [2.45, 2.75) is 72.6 Å². The maximum Gasteiger partial charge on any atom is 0.197 e. The van der Waals surface area contributed by atoms with Crippen LogP contribution in [-0.2, 0) is 6.42 Å². The summed E-state index contributed by atoms with van der Waals surface area (Å²) in [7, 11) is 1.59. The highest BCUT2D eigenvalue weighted by atomic mass is 16.5. The van der Waals surface area contributed by atoms with Crippen LogP contribution in [0.15, 0.2) is 4.79 Å². The zero-order valence-corrected chi connectivity index (χ0v) is 13.6. The summed E-state index contributed by atoms with van der Waals surface area (Å²) in [5.41, 5.74) is 2.56. The maximum absolute atomic E-state index is 12.1. The first-order valence-electron chi connectivity index (χ1n) is 7.99. The summed E-state index contributed by atoms with van der Waals surface area (Å²) < 4.78 is 5.23. The summed E-state index contributed by atoms with van der Waals surface area (Å²) in [4.78, 5) is 15.3. The molecule has 1 heterocycles. The second-order valence-corrected chi connectivity index (χ2v) is 5.66. The molecule has 1 rings (SSSR count). The number of aromatic nitrogens is 1. The van der Waals surface area contributed by atoms with Gasteiger partial charge in [0.15, 0.2) is 11.3 Å². The van der Waals surface area contributed by atoms with Crippen LogP contribution in [0.25, 0.3) is 0 Å². The number of aryl methyl sites for hydroxylation is 1. The van der Waals surface area contributed by atoms with Crippen molar-refractivity contribution in [2.24, 2.45) is 0 Å². The van der Waals surface area contributed by atoms with Crippen LogP contribution >= 0.6 is 0 Å². The molecule has 22 heavy (non-hydrogen) atoms. The van der Waals surface area contributed by atoms with Gasteiger partial charge in [-0.1, -0.05) is 39.5 Å². The predicted octanol–water partition coefficient (Wildman–Crippen LogP) is 3.90. The molecule has 0 atom stereocenters. The fourth-order valence-electron chi connectivity index (χ4n) is 2.60. The minimum absolute atomic E-state index is 0. The van der Waals surface area contributed by atoms with Crippen LogP contribution in [0.5, 0.6) is 5.88 Å². The molecule has 0 spiro atoms. The van der Waals surface area contributed by atoms with Crippen molar-refractivity contribution < 1.29 is 9.84 Å². The molecule has 0 fully saturated rings. The Balaban J connectivity index is 0.00000441. The summed E-state index contributed by atoms with van der Waals surface area (Å²) in [6, 6.07) is 0. The number of unbranched alkanes of at least 4 members (excludes halogenated alkanes) is 6. The van der Waals surface area contributed by atoms with E-state index in [1.54, 1.807) is 14.0 Å². The van der Waals surface area contributed by atoms with Crippen LogP contribution in [0.3, 0.4) is 0 Å². The molecule has 1 aromatic rings. The maximum atomic E-state index is 12.1. The minimum Gasteiger partial charge on any atom is -0.482 e. The number of rotatable bonds is 10. The average Bonchev–Trinajstić information content (AvgIpc) is 2.49. The molecule has 0 saturated heterocycles. The smallest absolute Gasteiger partial charge is 0.197 e. The molecule has 0 bridgehead atoms. The highest BCUT2D eigenvalue weighted by Crippen LogP contribution is 2.16. The molecule has 128 valence electrons. The van der Waals surface area contributed by atoms with Gasteiger partial charge < -0.3 is 14.8 Å². The summed E-state index contributed by atoms with van der Waals surface area (Å²) in [6.45, 7) is 3.98. The molecule has 0 aliphatic carbocycles. The van der Waals surface area contributed by atoms with Gasteiger partial charge in [-0.3, -0.25) is 4.79 Å². The Morgan fingerprint density at radius 3 is 2.05 bits per heavy atom. The SMILES string of the molecule is C.COc1[nH]c(CCCCCCCCCO)c(C)c(=O)c1C. The van der Waals surface area contributed by atoms with Crippen molar-refractivity contribution >= 4 is 0 Å². The van der Waals surface area contributed by atoms with Crippen molar-refractivity contribution in [3.8, 4) is 5.88 Å². The number of hydrogen-bond acceptors (Lipinski definition) is 3. The summed E-state index contributed by atoms with van der Waals surface area (Å²) in [5.74, 6) is 0.588. The van der Waals surface area contributed by atoms with Crippen LogP contribution in [0.2, 0.25) is 0 Å². The Morgan fingerprint density at radius 2 is 1.50 bits per heavy atom. The molecule has 0 unspecified atom stereocenters. The molecular formula is C18H33NO3. The molecule has 0 aromatic carbocycles. The summed E-state index contributed by atoms with van der Waals surface area (Å²) >= 11 is 0. The monoisotopic (exact) mass is 311 g/mol. The molecule has 4 nitrogen and oxygen atoms in total. The first-order valence-corrected chi connectivity index (χ1v) is 7.99. The number of ether oxygens (including phenoxy) is 1. The van der Waals surface area contributed by atoms with E-state index in [1.807, 2.05) is 6.92 Å². The third-order valence-electron chi connectivity index (χ3n) is 4.03. The molecule has 0 aliphatic heterocycles. The molecule has 4 heteroatoms. The van der Waals surface area contributed by atoms with Crippen LogP contribution in [0.1, 0.15) is 69.2 Å². The fraction of sp³-hybridized carbons (Fsp3) is 0.722.